The molecule has 1 aromatic carbocycles. The van der Waals surface area contributed by atoms with E-state index in [1.165, 1.54) is 6.42 Å². The second kappa shape index (κ2) is 5.08. The summed E-state index contributed by atoms with van der Waals surface area (Å²) in [4.78, 5) is 4.46. The highest BCUT2D eigenvalue weighted by Crippen LogP contribution is 2.20. The molecule has 1 aliphatic rings. The maximum Gasteiger partial charge on any atom is 0.0763 e. The number of nitrogens with zero attached hydrogens (tertiary/aromatic N) is 1. The molecule has 0 saturated heterocycles. The van der Waals surface area contributed by atoms with Crippen molar-refractivity contribution >= 4 is 6.21 Å². The predicted molar refractivity (Wildman–Crippen MR) is 62.3 cm³/mol. The standard InChI is InChI=1S/C13H17NO/c15-13-9-5-4-8-12(13)14-10-11-6-2-1-3-7-11/h1-3,6-7,10,12-13,15H,4-5,8-9H2/t12-,13-/m1/s1. The smallest absolute Gasteiger partial charge is 0.0763 e. The minimum atomic E-state index is -0.237. The Morgan fingerprint density at radius 1 is 1.13 bits per heavy atom. The molecule has 2 atom stereocenters. The first kappa shape index (κ1) is 10.4. The van der Waals surface area contributed by atoms with Gasteiger partial charge < -0.3 is 5.11 Å². The van der Waals surface area contributed by atoms with E-state index in [1.807, 2.05) is 36.5 Å². The Balaban J connectivity index is 1.98. The Labute approximate surface area is 90.7 Å². The van der Waals surface area contributed by atoms with Crippen LogP contribution in [0, 0.1) is 0 Å². The van der Waals surface area contributed by atoms with Gasteiger partial charge in [0, 0.05) is 6.21 Å². The van der Waals surface area contributed by atoms with E-state index >= 15 is 0 Å². The Morgan fingerprint density at radius 3 is 2.60 bits per heavy atom. The SMILES string of the molecule is O[C@@H]1CCCC[C@H]1N=Cc1ccccc1. The van der Waals surface area contributed by atoms with E-state index in [-0.39, 0.29) is 12.1 Å². The topological polar surface area (TPSA) is 32.6 Å². The molecule has 2 nitrogen and oxygen atoms in total. The van der Waals surface area contributed by atoms with Crippen LogP contribution >= 0.6 is 0 Å². The summed E-state index contributed by atoms with van der Waals surface area (Å²) in [7, 11) is 0. The molecule has 0 spiro atoms. The molecular formula is C13H17NO. The van der Waals surface area contributed by atoms with Gasteiger partial charge in [-0.05, 0) is 18.4 Å². The van der Waals surface area contributed by atoms with Crippen LogP contribution in [0.4, 0.5) is 0 Å². The lowest BCUT2D eigenvalue weighted by molar-refractivity contribution is 0.110. The number of hydrogen-bond donors (Lipinski definition) is 1. The van der Waals surface area contributed by atoms with Gasteiger partial charge in [0.25, 0.3) is 0 Å². The molecule has 0 aromatic heterocycles. The molecular weight excluding hydrogens is 186 g/mol. The number of benzene rings is 1. The third-order valence-electron chi connectivity index (χ3n) is 2.91. The second-order valence-corrected chi connectivity index (χ2v) is 4.11. The maximum atomic E-state index is 9.73. The molecule has 15 heavy (non-hydrogen) atoms. The summed E-state index contributed by atoms with van der Waals surface area (Å²) in [5.41, 5.74) is 1.11. The summed E-state index contributed by atoms with van der Waals surface area (Å²) < 4.78 is 0. The molecule has 1 fully saturated rings. The number of rotatable bonds is 2. The van der Waals surface area contributed by atoms with Crippen LogP contribution in [0.5, 0.6) is 0 Å². The number of aliphatic imine (C=N–C) groups is 1. The van der Waals surface area contributed by atoms with Gasteiger partial charge in [0.05, 0.1) is 12.1 Å². The van der Waals surface area contributed by atoms with E-state index in [1.54, 1.807) is 0 Å². The zero-order chi connectivity index (χ0) is 10.5. The normalized spacial score (nSPS) is 27.0. The largest absolute Gasteiger partial charge is 0.391 e. The molecule has 0 radical (unpaired) electrons. The van der Waals surface area contributed by atoms with Gasteiger partial charge in [-0.15, -0.1) is 0 Å². The average molecular weight is 203 g/mol. The molecule has 2 heteroatoms. The fourth-order valence-corrected chi connectivity index (χ4v) is 1.99. The first-order chi connectivity index (χ1) is 7.36. The molecule has 0 unspecified atom stereocenters. The quantitative estimate of drug-likeness (QED) is 0.735. The van der Waals surface area contributed by atoms with Gasteiger partial charge in [0.1, 0.15) is 0 Å². The third-order valence-corrected chi connectivity index (χ3v) is 2.91. The van der Waals surface area contributed by atoms with Crippen LogP contribution < -0.4 is 0 Å². The lowest BCUT2D eigenvalue weighted by Crippen LogP contribution is -2.28. The van der Waals surface area contributed by atoms with Crippen molar-refractivity contribution in [1.82, 2.24) is 0 Å². The van der Waals surface area contributed by atoms with Gasteiger partial charge in [0.2, 0.25) is 0 Å². The fraction of sp³-hybridized carbons (Fsp3) is 0.462. The predicted octanol–water partition coefficient (Wildman–Crippen LogP) is 2.41. The summed E-state index contributed by atoms with van der Waals surface area (Å²) in [5.74, 6) is 0. The monoisotopic (exact) mass is 203 g/mol. The van der Waals surface area contributed by atoms with Crippen LogP contribution in [0.3, 0.4) is 0 Å². The van der Waals surface area contributed by atoms with Gasteiger partial charge in [-0.1, -0.05) is 43.2 Å². The van der Waals surface area contributed by atoms with E-state index in [0.717, 1.165) is 24.8 Å². The Bertz CT molecular complexity index is 321. The summed E-state index contributed by atoms with van der Waals surface area (Å²) >= 11 is 0. The number of aliphatic hydroxyl groups is 1. The van der Waals surface area contributed by atoms with Crippen molar-refractivity contribution in [3.05, 3.63) is 35.9 Å². The van der Waals surface area contributed by atoms with Crippen molar-refractivity contribution in [2.45, 2.75) is 37.8 Å². The minimum absolute atomic E-state index is 0.110. The van der Waals surface area contributed by atoms with Gasteiger partial charge in [-0.25, -0.2) is 0 Å². The van der Waals surface area contributed by atoms with Crippen LogP contribution in [0.2, 0.25) is 0 Å². The molecule has 0 bridgehead atoms. The van der Waals surface area contributed by atoms with Crippen LogP contribution in [0.25, 0.3) is 0 Å². The van der Waals surface area contributed by atoms with E-state index in [0.29, 0.717) is 0 Å². The maximum absolute atomic E-state index is 9.73. The first-order valence-corrected chi connectivity index (χ1v) is 5.62. The van der Waals surface area contributed by atoms with Crippen molar-refractivity contribution in [1.29, 1.82) is 0 Å². The van der Waals surface area contributed by atoms with E-state index in [4.69, 9.17) is 0 Å². The molecule has 1 aromatic rings. The lowest BCUT2D eigenvalue weighted by atomic mass is 9.93. The van der Waals surface area contributed by atoms with Crippen molar-refractivity contribution in [3.8, 4) is 0 Å². The fourth-order valence-electron chi connectivity index (χ4n) is 1.99. The molecule has 2 rings (SSSR count). The van der Waals surface area contributed by atoms with Crippen molar-refractivity contribution in [2.24, 2.45) is 4.99 Å². The first-order valence-electron chi connectivity index (χ1n) is 5.62. The zero-order valence-corrected chi connectivity index (χ0v) is 8.84. The summed E-state index contributed by atoms with van der Waals surface area (Å²) in [6.45, 7) is 0. The zero-order valence-electron chi connectivity index (χ0n) is 8.84. The highest BCUT2D eigenvalue weighted by Gasteiger charge is 2.21. The molecule has 1 aliphatic carbocycles. The molecule has 0 heterocycles. The Morgan fingerprint density at radius 2 is 1.87 bits per heavy atom. The van der Waals surface area contributed by atoms with Gasteiger partial charge >= 0.3 is 0 Å². The van der Waals surface area contributed by atoms with E-state index in [2.05, 4.69) is 4.99 Å². The molecule has 1 N–H and O–H groups in total. The summed E-state index contributed by atoms with van der Waals surface area (Å²) in [6.07, 6.45) is 5.88. The summed E-state index contributed by atoms with van der Waals surface area (Å²) in [5, 5.41) is 9.73. The van der Waals surface area contributed by atoms with Gasteiger partial charge in [0.15, 0.2) is 0 Å². The van der Waals surface area contributed by atoms with E-state index in [9.17, 15) is 5.11 Å². The minimum Gasteiger partial charge on any atom is -0.391 e. The second-order valence-electron chi connectivity index (χ2n) is 4.11. The van der Waals surface area contributed by atoms with Crippen LogP contribution in [-0.4, -0.2) is 23.5 Å². The molecule has 0 amide bonds. The lowest BCUT2D eigenvalue weighted by Gasteiger charge is -2.23. The molecule has 1 saturated carbocycles. The number of hydrogen-bond acceptors (Lipinski definition) is 2. The van der Waals surface area contributed by atoms with Crippen molar-refractivity contribution in [2.75, 3.05) is 0 Å². The Hall–Kier alpha value is -1.15. The van der Waals surface area contributed by atoms with Crippen molar-refractivity contribution in [3.63, 3.8) is 0 Å². The molecule has 0 aliphatic heterocycles. The van der Waals surface area contributed by atoms with Crippen molar-refractivity contribution < 1.29 is 5.11 Å². The Kier molecular flexibility index (Phi) is 3.51. The van der Waals surface area contributed by atoms with Crippen LogP contribution in [0.1, 0.15) is 31.2 Å². The van der Waals surface area contributed by atoms with Crippen LogP contribution in [-0.2, 0) is 0 Å². The van der Waals surface area contributed by atoms with E-state index < -0.39 is 0 Å². The van der Waals surface area contributed by atoms with Gasteiger partial charge in [-0.2, -0.15) is 0 Å². The third kappa shape index (κ3) is 2.90. The molecule has 80 valence electrons. The highest BCUT2D eigenvalue weighted by atomic mass is 16.3. The average Bonchev–Trinajstić information content (AvgIpc) is 2.29. The number of aliphatic hydroxyl groups excluding tert-OH is 1. The summed E-state index contributed by atoms with van der Waals surface area (Å²) in [6, 6.07) is 10.2. The highest BCUT2D eigenvalue weighted by molar-refractivity contribution is 5.79. The van der Waals surface area contributed by atoms with Gasteiger partial charge in [-0.3, -0.25) is 4.99 Å². The van der Waals surface area contributed by atoms with Crippen LogP contribution in [0.15, 0.2) is 35.3 Å².